The summed E-state index contributed by atoms with van der Waals surface area (Å²) in [5.41, 5.74) is -0.274. The number of hydrogen-bond acceptors (Lipinski definition) is 3. The van der Waals surface area contributed by atoms with Crippen LogP contribution in [-0.4, -0.2) is 49.1 Å². The molecule has 1 saturated carbocycles. The average molecular weight is 282 g/mol. The van der Waals surface area contributed by atoms with Crippen LogP contribution in [0.25, 0.3) is 0 Å². The highest BCUT2D eigenvalue weighted by atomic mass is 16.5. The van der Waals surface area contributed by atoms with Crippen LogP contribution in [0, 0.1) is 11.3 Å². The zero-order valence-electron chi connectivity index (χ0n) is 12.8. The fraction of sp³-hybridized carbons (Fsp3) is 0.867. The van der Waals surface area contributed by atoms with E-state index in [2.05, 4.69) is 5.32 Å². The van der Waals surface area contributed by atoms with Crippen molar-refractivity contribution in [1.82, 2.24) is 10.2 Å². The first kappa shape index (κ1) is 15.3. The molecule has 0 aromatic heterocycles. The Morgan fingerprint density at radius 3 is 2.60 bits per heavy atom. The Balaban J connectivity index is 1.88. The molecule has 2 fully saturated rings. The van der Waals surface area contributed by atoms with Gasteiger partial charge in [0.15, 0.2) is 0 Å². The lowest BCUT2D eigenvalue weighted by Gasteiger charge is -2.32. The lowest BCUT2D eigenvalue weighted by atomic mass is 9.86. The van der Waals surface area contributed by atoms with Crippen molar-refractivity contribution in [2.75, 3.05) is 26.3 Å². The second-order valence-electron chi connectivity index (χ2n) is 6.96. The highest BCUT2D eigenvalue weighted by molar-refractivity contribution is 5.90. The van der Waals surface area contributed by atoms with Gasteiger partial charge in [-0.15, -0.1) is 0 Å². The second kappa shape index (κ2) is 6.12. The van der Waals surface area contributed by atoms with E-state index in [9.17, 15) is 9.59 Å². The summed E-state index contributed by atoms with van der Waals surface area (Å²) in [7, 11) is 0. The molecule has 2 rings (SSSR count). The van der Waals surface area contributed by atoms with Gasteiger partial charge in [0.25, 0.3) is 0 Å². The van der Waals surface area contributed by atoms with E-state index < -0.39 is 6.04 Å². The van der Waals surface area contributed by atoms with Gasteiger partial charge in [0.05, 0.1) is 6.61 Å². The largest absolute Gasteiger partial charge is 0.379 e. The molecule has 2 amide bonds. The summed E-state index contributed by atoms with van der Waals surface area (Å²) in [6, 6.07) is -0.444. The molecule has 1 unspecified atom stereocenters. The number of carbonyl (C=O) groups is 2. The van der Waals surface area contributed by atoms with Crippen LogP contribution in [0.4, 0.5) is 0 Å². The molecule has 114 valence electrons. The summed E-state index contributed by atoms with van der Waals surface area (Å²) in [5.74, 6) is 0.707. The Bertz CT molecular complexity index is 372. The van der Waals surface area contributed by atoms with Crippen molar-refractivity contribution in [3.05, 3.63) is 0 Å². The lowest BCUT2D eigenvalue weighted by molar-refractivity contribution is -0.137. The van der Waals surface area contributed by atoms with Gasteiger partial charge in [-0.2, -0.15) is 0 Å². The Morgan fingerprint density at radius 2 is 2.00 bits per heavy atom. The summed E-state index contributed by atoms with van der Waals surface area (Å²) >= 11 is 0. The first-order valence-electron chi connectivity index (χ1n) is 7.54. The van der Waals surface area contributed by atoms with Crippen molar-refractivity contribution in [2.45, 2.75) is 46.1 Å². The number of carbonyl (C=O) groups excluding carboxylic acids is 2. The number of nitrogens with one attached hydrogen (secondary N) is 1. The van der Waals surface area contributed by atoms with Gasteiger partial charge in [0, 0.05) is 26.1 Å². The summed E-state index contributed by atoms with van der Waals surface area (Å²) in [5, 5.41) is 2.85. The fourth-order valence-corrected chi connectivity index (χ4v) is 2.34. The molecule has 0 aromatic carbocycles. The van der Waals surface area contributed by atoms with Crippen LogP contribution in [0.5, 0.6) is 0 Å². The predicted molar refractivity (Wildman–Crippen MR) is 76.1 cm³/mol. The molecule has 5 heteroatoms. The van der Waals surface area contributed by atoms with Crippen LogP contribution < -0.4 is 5.32 Å². The predicted octanol–water partition coefficient (Wildman–Crippen LogP) is 1.18. The molecule has 0 radical (unpaired) electrons. The number of nitrogens with zero attached hydrogens (tertiary/aromatic N) is 1. The van der Waals surface area contributed by atoms with E-state index in [1.165, 1.54) is 12.8 Å². The van der Waals surface area contributed by atoms with Crippen molar-refractivity contribution in [1.29, 1.82) is 0 Å². The van der Waals surface area contributed by atoms with Gasteiger partial charge in [0.1, 0.15) is 6.04 Å². The van der Waals surface area contributed by atoms with Crippen molar-refractivity contribution in [3.8, 4) is 0 Å². The van der Waals surface area contributed by atoms with Gasteiger partial charge in [-0.3, -0.25) is 9.59 Å². The molecule has 2 aliphatic rings. The minimum atomic E-state index is -0.444. The fourth-order valence-electron chi connectivity index (χ4n) is 2.34. The zero-order chi connectivity index (χ0) is 14.8. The van der Waals surface area contributed by atoms with E-state index in [-0.39, 0.29) is 17.2 Å². The third-order valence-electron chi connectivity index (χ3n) is 3.89. The van der Waals surface area contributed by atoms with Crippen LogP contribution in [0.1, 0.15) is 40.0 Å². The molecular formula is C15H26N2O3. The monoisotopic (exact) mass is 282 g/mol. The Kier molecular flexibility index (Phi) is 4.68. The maximum Gasteiger partial charge on any atom is 0.245 e. The van der Waals surface area contributed by atoms with Crippen LogP contribution in [0.15, 0.2) is 0 Å². The van der Waals surface area contributed by atoms with Crippen LogP contribution in [0.2, 0.25) is 0 Å². The molecular weight excluding hydrogens is 256 g/mol. The van der Waals surface area contributed by atoms with Gasteiger partial charge in [-0.05, 0) is 24.2 Å². The van der Waals surface area contributed by atoms with Crippen molar-refractivity contribution < 1.29 is 14.3 Å². The van der Waals surface area contributed by atoms with Crippen LogP contribution in [-0.2, 0) is 14.3 Å². The molecule has 0 aromatic rings. The Morgan fingerprint density at radius 1 is 1.30 bits per heavy atom. The Hall–Kier alpha value is -1.10. The van der Waals surface area contributed by atoms with Gasteiger partial charge in [-0.1, -0.05) is 20.8 Å². The van der Waals surface area contributed by atoms with Crippen molar-refractivity contribution >= 4 is 11.8 Å². The van der Waals surface area contributed by atoms with E-state index in [1.807, 2.05) is 20.8 Å². The molecule has 1 aliphatic heterocycles. The summed E-state index contributed by atoms with van der Waals surface area (Å²) in [6.07, 6.45) is 2.92. The third kappa shape index (κ3) is 4.20. The maximum absolute atomic E-state index is 12.5. The topological polar surface area (TPSA) is 58.6 Å². The molecule has 0 spiro atoms. The first-order chi connectivity index (χ1) is 9.38. The quantitative estimate of drug-likeness (QED) is 0.770. The number of ether oxygens (including phenoxy) is 1. The summed E-state index contributed by atoms with van der Waals surface area (Å²) in [4.78, 5) is 26.0. The molecule has 1 saturated heterocycles. The van der Waals surface area contributed by atoms with E-state index in [0.717, 1.165) is 12.5 Å². The first-order valence-corrected chi connectivity index (χ1v) is 7.54. The minimum absolute atomic E-state index is 0.0124. The molecule has 5 nitrogen and oxygen atoms in total. The summed E-state index contributed by atoms with van der Waals surface area (Å²) < 4.78 is 5.60. The Labute approximate surface area is 121 Å². The van der Waals surface area contributed by atoms with Gasteiger partial charge in [-0.25, -0.2) is 0 Å². The van der Waals surface area contributed by atoms with E-state index in [1.54, 1.807) is 4.90 Å². The molecule has 1 atom stereocenters. The number of rotatable bonds is 5. The van der Waals surface area contributed by atoms with E-state index in [0.29, 0.717) is 26.1 Å². The summed E-state index contributed by atoms with van der Waals surface area (Å²) in [6.45, 7) is 8.36. The van der Waals surface area contributed by atoms with E-state index in [4.69, 9.17) is 4.74 Å². The highest BCUT2D eigenvalue weighted by Crippen LogP contribution is 2.28. The van der Waals surface area contributed by atoms with Gasteiger partial charge >= 0.3 is 0 Å². The molecule has 20 heavy (non-hydrogen) atoms. The van der Waals surface area contributed by atoms with Gasteiger partial charge in [0.2, 0.25) is 11.8 Å². The minimum Gasteiger partial charge on any atom is -0.379 e. The normalized spacial score (nSPS) is 24.6. The van der Waals surface area contributed by atoms with E-state index >= 15 is 0 Å². The highest BCUT2D eigenvalue weighted by Gasteiger charge is 2.37. The maximum atomic E-state index is 12.5. The van der Waals surface area contributed by atoms with Crippen LogP contribution >= 0.6 is 0 Å². The molecule has 1 N–H and O–H groups in total. The second-order valence-corrected chi connectivity index (χ2v) is 6.96. The molecule has 1 heterocycles. The smallest absolute Gasteiger partial charge is 0.245 e. The van der Waals surface area contributed by atoms with Crippen LogP contribution in [0.3, 0.4) is 0 Å². The SMILES string of the molecule is CC(C)(C)C1NC(=O)CCN(CCOCC2CC2)C1=O. The third-order valence-corrected chi connectivity index (χ3v) is 3.89. The number of amides is 2. The lowest BCUT2D eigenvalue weighted by Crippen LogP contribution is -2.52. The van der Waals surface area contributed by atoms with Crippen molar-refractivity contribution in [2.24, 2.45) is 11.3 Å². The standard InChI is InChI=1S/C15H26N2O3/c1-15(2,3)13-14(19)17(7-6-12(18)16-13)8-9-20-10-11-4-5-11/h11,13H,4-10H2,1-3H3,(H,16,18). The average Bonchev–Trinajstić information content (AvgIpc) is 3.16. The number of hydrogen-bond donors (Lipinski definition) is 1. The molecule has 1 aliphatic carbocycles. The van der Waals surface area contributed by atoms with Crippen molar-refractivity contribution in [3.63, 3.8) is 0 Å². The zero-order valence-corrected chi connectivity index (χ0v) is 12.8. The molecule has 0 bridgehead atoms. The van der Waals surface area contributed by atoms with Gasteiger partial charge < -0.3 is 15.0 Å².